The molecule has 0 radical (unpaired) electrons. The number of benzene rings is 1. The van der Waals surface area contributed by atoms with Gasteiger partial charge in [-0.05, 0) is 42.8 Å². The van der Waals surface area contributed by atoms with E-state index in [4.69, 9.17) is 0 Å². The molecule has 3 nitrogen and oxygen atoms in total. The molecule has 0 saturated heterocycles. The van der Waals surface area contributed by atoms with Gasteiger partial charge < -0.3 is 4.90 Å². The van der Waals surface area contributed by atoms with Crippen LogP contribution in [0.1, 0.15) is 22.8 Å². The van der Waals surface area contributed by atoms with Crippen LogP contribution in [0.15, 0.2) is 48.8 Å². The molecule has 1 aromatic heterocycles. The van der Waals surface area contributed by atoms with E-state index in [1.165, 1.54) is 12.1 Å². The van der Waals surface area contributed by atoms with E-state index < -0.39 is 5.82 Å². The molecule has 0 aliphatic carbocycles. The first kappa shape index (κ1) is 13.2. The molecular formula is C15H15FN2O. The van der Waals surface area contributed by atoms with Gasteiger partial charge in [-0.1, -0.05) is 6.07 Å². The van der Waals surface area contributed by atoms with Crippen molar-refractivity contribution in [3.63, 3.8) is 0 Å². The first-order chi connectivity index (χ1) is 9.20. The monoisotopic (exact) mass is 258 g/mol. The molecule has 0 spiro atoms. The zero-order valence-corrected chi connectivity index (χ0v) is 10.7. The fourth-order valence-corrected chi connectivity index (χ4v) is 1.84. The van der Waals surface area contributed by atoms with Crippen LogP contribution in [0.25, 0.3) is 0 Å². The highest BCUT2D eigenvalue weighted by Gasteiger charge is 2.14. The molecule has 0 aliphatic rings. The van der Waals surface area contributed by atoms with Gasteiger partial charge in [-0.2, -0.15) is 0 Å². The minimum absolute atomic E-state index is 0.168. The van der Waals surface area contributed by atoms with Crippen molar-refractivity contribution in [1.82, 2.24) is 9.88 Å². The number of carbonyl (C=O) groups excluding carboxylic acids is 1. The number of carbonyl (C=O) groups is 1. The lowest BCUT2D eigenvalue weighted by atomic mass is 10.1. The molecular weight excluding hydrogens is 243 g/mol. The highest BCUT2D eigenvalue weighted by Crippen LogP contribution is 2.10. The predicted octanol–water partition coefficient (Wildman–Crippen LogP) is 2.88. The average Bonchev–Trinajstić information content (AvgIpc) is 2.45. The topological polar surface area (TPSA) is 33.2 Å². The summed E-state index contributed by atoms with van der Waals surface area (Å²) in [5, 5.41) is 0. The quantitative estimate of drug-likeness (QED) is 0.844. The molecule has 19 heavy (non-hydrogen) atoms. The Labute approximate surface area is 111 Å². The predicted molar refractivity (Wildman–Crippen MR) is 71.1 cm³/mol. The van der Waals surface area contributed by atoms with Crippen LogP contribution in [0.5, 0.6) is 0 Å². The van der Waals surface area contributed by atoms with E-state index in [9.17, 15) is 9.18 Å². The first-order valence-electron chi connectivity index (χ1n) is 6.14. The summed E-state index contributed by atoms with van der Waals surface area (Å²) in [4.78, 5) is 17.9. The van der Waals surface area contributed by atoms with Gasteiger partial charge in [0.25, 0.3) is 5.91 Å². The smallest absolute Gasteiger partial charge is 0.254 e. The Morgan fingerprint density at radius 1 is 1.26 bits per heavy atom. The molecule has 0 N–H and O–H groups in total. The first-order valence-corrected chi connectivity index (χ1v) is 6.14. The number of nitrogens with zero attached hydrogens (tertiary/aromatic N) is 2. The van der Waals surface area contributed by atoms with Gasteiger partial charge in [0.15, 0.2) is 0 Å². The Hall–Kier alpha value is -2.23. The third-order valence-electron chi connectivity index (χ3n) is 2.86. The number of amides is 1. The van der Waals surface area contributed by atoms with Gasteiger partial charge in [-0.15, -0.1) is 0 Å². The second-order valence-electron chi connectivity index (χ2n) is 4.19. The van der Waals surface area contributed by atoms with Crippen molar-refractivity contribution < 1.29 is 9.18 Å². The van der Waals surface area contributed by atoms with Crippen LogP contribution < -0.4 is 0 Å². The lowest BCUT2D eigenvalue weighted by molar-refractivity contribution is 0.0752. The van der Waals surface area contributed by atoms with E-state index in [2.05, 4.69) is 4.98 Å². The van der Waals surface area contributed by atoms with Crippen LogP contribution >= 0.6 is 0 Å². The molecule has 0 fully saturated rings. The highest BCUT2D eigenvalue weighted by atomic mass is 19.1. The molecule has 0 bridgehead atoms. The summed E-state index contributed by atoms with van der Waals surface area (Å²) in [6.07, 6.45) is 3.38. The molecule has 2 aromatic rings. The lowest BCUT2D eigenvalue weighted by Crippen LogP contribution is -2.30. The zero-order valence-electron chi connectivity index (χ0n) is 10.7. The Morgan fingerprint density at radius 2 is 2.00 bits per heavy atom. The maximum atomic E-state index is 13.1. The number of halogens is 1. The fourth-order valence-electron chi connectivity index (χ4n) is 1.84. The Kier molecular flexibility index (Phi) is 4.23. The normalized spacial score (nSPS) is 10.2. The third-order valence-corrected chi connectivity index (χ3v) is 2.86. The average molecular weight is 258 g/mol. The summed E-state index contributed by atoms with van der Waals surface area (Å²) in [5.74, 6) is -0.565. The van der Waals surface area contributed by atoms with Gasteiger partial charge in [-0.25, -0.2) is 4.39 Å². The molecule has 0 unspecified atom stereocenters. The summed E-state index contributed by atoms with van der Waals surface area (Å²) in [6.45, 7) is 2.96. The molecule has 0 saturated carbocycles. The van der Waals surface area contributed by atoms with E-state index >= 15 is 0 Å². The fraction of sp³-hybridized carbons (Fsp3) is 0.200. The summed E-state index contributed by atoms with van der Waals surface area (Å²) in [5.41, 5.74) is 1.37. The molecule has 98 valence electrons. The summed E-state index contributed by atoms with van der Waals surface area (Å²) in [7, 11) is 0. The van der Waals surface area contributed by atoms with Gasteiger partial charge in [0, 0.05) is 31.0 Å². The van der Waals surface area contributed by atoms with Crippen LogP contribution in [0.2, 0.25) is 0 Å². The second-order valence-corrected chi connectivity index (χ2v) is 4.19. The van der Waals surface area contributed by atoms with Crippen LogP contribution in [0.3, 0.4) is 0 Å². The third kappa shape index (κ3) is 3.37. The van der Waals surface area contributed by atoms with Crippen LogP contribution in [0, 0.1) is 5.82 Å². The summed E-state index contributed by atoms with van der Waals surface area (Å²) < 4.78 is 13.1. The number of hydrogen-bond donors (Lipinski definition) is 0. The minimum atomic E-state index is -0.397. The van der Waals surface area contributed by atoms with Crippen molar-refractivity contribution in [2.24, 2.45) is 0 Å². The van der Waals surface area contributed by atoms with Gasteiger partial charge in [0.05, 0.1) is 0 Å². The van der Waals surface area contributed by atoms with Gasteiger partial charge in [0.1, 0.15) is 5.82 Å². The molecule has 0 aliphatic heterocycles. The molecule has 1 amide bonds. The molecule has 1 heterocycles. The van der Waals surface area contributed by atoms with Crippen molar-refractivity contribution in [3.05, 3.63) is 65.7 Å². The number of pyridine rings is 1. The van der Waals surface area contributed by atoms with E-state index in [-0.39, 0.29) is 5.91 Å². The van der Waals surface area contributed by atoms with Gasteiger partial charge in [0.2, 0.25) is 0 Å². The minimum Gasteiger partial charge on any atom is -0.335 e. The van der Waals surface area contributed by atoms with E-state index in [0.29, 0.717) is 18.7 Å². The van der Waals surface area contributed by atoms with E-state index in [0.717, 1.165) is 5.56 Å². The number of hydrogen-bond acceptors (Lipinski definition) is 2. The maximum Gasteiger partial charge on any atom is 0.254 e. The van der Waals surface area contributed by atoms with E-state index in [1.807, 2.05) is 19.1 Å². The van der Waals surface area contributed by atoms with Crippen molar-refractivity contribution in [1.29, 1.82) is 0 Å². The van der Waals surface area contributed by atoms with Gasteiger partial charge in [-0.3, -0.25) is 9.78 Å². The van der Waals surface area contributed by atoms with Crippen molar-refractivity contribution in [2.75, 3.05) is 6.54 Å². The van der Waals surface area contributed by atoms with Crippen molar-refractivity contribution >= 4 is 5.91 Å². The Bertz CT molecular complexity index is 557. The van der Waals surface area contributed by atoms with E-state index in [1.54, 1.807) is 29.4 Å². The maximum absolute atomic E-state index is 13.1. The molecule has 2 rings (SSSR count). The molecule has 4 heteroatoms. The summed E-state index contributed by atoms with van der Waals surface area (Å²) >= 11 is 0. The number of rotatable bonds is 4. The summed E-state index contributed by atoms with van der Waals surface area (Å²) in [6, 6.07) is 9.49. The lowest BCUT2D eigenvalue weighted by Gasteiger charge is -2.21. The highest BCUT2D eigenvalue weighted by molar-refractivity contribution is 5.94. The number of aromatic nitrogens is 1. The zero-order chi connectivity index (χ0) is 13.7. The largest absolute Gasteiger partial charge is 0.335 e. The molecule has 0 atom stereocenters. The SMILES string of the molecule is CCN(Cc1ccncc1)C(=O)c1cccc(F)c1. The van der Waals surface area contributed by atoms with Crippen LogP contribution in [0.4, 0.5) is 4.39 Å². The standard InChI is InChI=1S/C15H15FN2O/c1-2-18(11-12-6-8-17-9-7-12)15(19)13-4-3-5-14(16)10-13/h3-10H,2,11H2,1H3. The molecule has 1 aromatic carbocycles. The Balaban J connectivity index is 2.16. The van der Waals surface area contributed by atoms with Crippen LogP contribution in [-0.4, -0.2) is 22.3 Å². The second kappa shape index (κ2) is 6.09. The van der Waals surface area contributed by atoms with Crippen molar-refractivity contribution in [2.45, 2.75) is 13.5 Å². The van der Waals surface area contributed by atoms with Crippen molar-refractivity contribution in [3.8, 4) is 0 Å². The van der Waals surface area contributed by atoms with Crippen LogP contribution in [-0.2, 0) is 6.54 Å². The Morgan fingerprint density at radius 3 is 2.63 bits per heavy atom. The van der Waals surface area contributed by atoms with Gasteiger partial charge >= 0.3 is 0 Å².